The highest BCUT2D eigenvalue weighted by Gasteiger charge is 2.31. The van der Waals surface area contributed by atoms with E-state index in [-0.39, 0.29) is 16.3 Å². The first-order valence-corrected chi connectivity index (χ1v) is 8.69. The zero-order valence-corrected chi connectivity index (χ0v) is 15.6. The third-order valence-corrected chi connectivity index (χ3v) is 4.46. The summed E-state index contributed by atoms with van der Waals surface area (Å²) < 4.78 is 53.1. The summed E-state index contributed by atoms with van der Waals surface area (Å²) in [5.74, 6) is -1.76. The Bertz CT molecular complexity index is 1230. The van der Waals surface area contributed by atoms with E-state index in [2.05, 4.69) is 10.3 Å². The van der Waals surface area contributed by atoms with Gasteiger partial charge in [0.25, 0.3) is 11.5 Å². The van der Waals surface area contributed by atoms with Crippen LogP contribution in [0, 0.1) is 5.82 Å². The van der Waals surface area contributed by atoms with Gasteiger partial charge in [0.2, 0.25) is 0 Å². The summed E-state index contributed by atoms with van der Waals surface area (Å²) in [5, 5.41) is 1.93. The summed E-state index contributed by atoms with van der Waals surface area (Å²) in [7, 11) is 0. The number of H-pyrrole nitrogens is 1. The molecule has 6 nitrogen and oxygen atoms in total. The van der Waals surface area contributed by atoms with Gasteiger partial charge in [-0.25, -0.2) is 9.18 Å². The molecule has 2 N–H and O–H groups in total. The lowest BCUT2D eigenvalue weighted by molar-refractivity contribution is -0.137. The van der Waals surface area contributed by atoms with Crippen molar-refractivity contribution in [3.63, 3.8) is 0 Å². The van der Waals surface area contributed by atoms with Gasteiger partial charge in [-0.2, -0.15) is 13.2 Å². The highest BCUT2D eigenvalue weighted by Crippen LogP contribution is 2.33. The number of carbonyl (C=O) groups is 1. The van der Waals surface area contributed by atoms with Crippen molar-refractivity contribution in [3.05, 3.63) is 97.0 Å². The van der Waals surface area contributed by atoms with E-state index in [0.29, 0.717) is 10.6 Å². The predicted molar refractivity (Wildman–Crippen MR) is 101 cm³/mol. The van der Waals surface area contributed by atoms with E-state index in [1.165, 1.54) is 18.2 Å². The zero-order valence-electron chi connectivity index (χ0n) is 14.9. The van der Waals surface area contributed by atoms with Crippen LogP contribution in [0.25, 0.3) is 0 Å². The van der Waals surface area contributed by atoms with Gasteiger partial charge < -0.3 is 10.3 Å². The molecule has 0 unspecified atom stereocenters. The second kappa shape index (κ2) is 8.15. The van der Waals surface area contributed by atoms with Crippen LogP contribution in [0.4, 0.5) is 23.2 Å². The van der Waals surface area contributed by atoms with Gasteiger partial charge in [-0.3, -0.25) is 14.2 Å². The van der Waals surface area contributed by atoms with Crippen molar-refractivity contribution < 1.29 is 22.4 Å². The van der Waals surface area contributed by atoms with E-state index >= 15 is 0 Å². The van der Waals surface area contributed by atoms with Crippen molar-refractivity contribution in [1.29, 1.82) is 0 Å². The van der Waals surface area contributed by atoms with Crippen LogP contribution < -0.4 is 16.6 Å². The van der Waals surface area contributed by atoms with Crippen LogP contribution in [0.5, 0.6) is 0 Å². The summed E-state index contributed by atoms with van der Waals surface area (Å²) in [4.78, 5) is 39.2. The van der Waals surface area contributed by atoms with Crippen molar-refractivity contribution in [1.82, 2.24) is 9.55 Å². The summed E-state index contributed by atoms with van der Waals surface area (Å²) in [5.41, 5.74) is -3.91. The summed E-state index contributed by atoms with van der Waals surface area (Å²) in [6.07, 6.45) is -3.85. The number of carbonyl (C=O) groups excluding carboxylic acids is 1. The van der Waals surface area contributed by atoms with Gasteiger partial charge >= 0.3 is 11.9 Å². The van der Waals surface area contributed by atoms with Crippen LogP contribution in [-0.4, -0.2) is 15.5 Å². The van der Waals surface area contributed by atoms with E-state index < -0.39 is 46.8 Å². The number of alkyl halides is 3. The molecule has 0 fully saturated rings. The molecule has 0 saturated carbocycles. The first-order valence-electron chi connectivity index (χ1n) is 8.32. The number of nitrogens with one attached hydrogen (secondary N) is 2. The molecule has 0 atom stereocenters. The number of rotatable bonds is 4. The van der Waals surface area contributed by atoms with E-state index in [4.69, 9.17) is 11.6 Å². The Kier molecular flexibility index (Phi) is 5.79. The molecule has 3 aromatic rings. The largest absolute Gasteiger partial charge is 0.416 e. The normalized spacial score (nSPS) is 11.4. The molecule has 0 radical (unpaired) electrons. The fraction of sp³-hybridized carbons (Fsp3) is 0.105. The molecule has 1 amide bonds. The number of nitrogens with zero attached hydrogens (tertiary/aromatic N) is 1. The fourth-order valence-electron chi connectivity index (χ4n) is 2.60. The molecule has 1 aromatic heterocycles. The Morgan fingerprint density at radius 1 is 1.13 bits per heavy atom. The van der Waals surface area contributed by atoms with Crippen LogP contribution in [0.3, 0.4) is 0 Å². The van der Waals surface area contributed by atoms with Crippen LogP contribution in [0.15, 0.2) is 58.3 Å². The molecule has 156 valence electrons. The van der Waals surface area contributed by atoms with Crippen molar-refractivity contribution >= 4 is 23.2 Å². The smallest absolute Gasteiger partial charge is 0.320 e. The second-order valence-electron chi connectivity index (χ2n) is 6.14. The van der Waals surface area contributed by atoms with Gasteiger partial charge in [-0.15, -0.1) is 0 Å². The molecule has 0 saturated heterocycles. The average molecular weight is 442 g/mol. The quantitative estimate of drug-likeness (QED) is 0.606. The molecular weight excluding hydrogens is 430 g/mol. The Balaban J connectivity index is 1.96. The molecule has 0 aliphatic carbocycles. The zero-order chi connectivity index (χ0) is 22.1. The van der Waals surface area contributed by atoms with Gasteiger partial charge in [-0.05, 0) is 24.3 Å². The van der Waals surface area contributed by atoms with Gasteiger partial charge in [0, 0.05) is 11.8 Å². The van der Waals surface area contributed by atoms with Crippen LogP contribution in [0.1, 0.15) is 21.5 Å². The van der Waals surface area contributed by atoms with Gasteiger partial charge in [0.05, 0.1) is 22.8 Å². The van der Waals surface area contributed by atoms with Crippen LogP contribution in [-0.2, 0) is 12.7 Å². The molecule has 0 aliphatic rings. The minimum Gasteiger partial charge on any atom is -0.320 e. The molecule has 30 heavy (non-hydrogen) atoms. The maximum absolute atomic E-state index is 13.9. The second-order valence-corrected chi connectivity index (χ2v) is 6.54. The molecule has 11 heteroatoms. The topological polar surface area (TPSA) is 84.0 Å². The standard InChI is InChI=1S/C19H12ClF4N3O3/c20-13-6-5-11(19(22,23)24)7-15(13)26-16(28)12-8-25-18(30)27(17(12)29)9-10-3-1-2-4-14(10)21/h1-8H,9H2,(H,25,30)(H,26,28). The van der Waals surface area contributed by atoms with E-state index in [0.717, 1.165) is 24.4 Å². The van der Waals surface area contributed by atoms with E-state index in [1.54, 1.807) is 0 Å². The molecule has 2 aromatic carbocycles. The van der Waals surface area contributed by atoms with Crippen LogP contribution >= 0.6 is 11.6 Å². The number of aromatic amines is 1. The first kappa shape index (κ1) is 21.3. The molecule has 1 heterocycles. The minimum absolute atomic E-state index is 0.0311. The number of anilines is 1. The predicted octanol–water partition coefficient (Wildman–Crippen LogP) is 3.65. The Labute approximate surface area is 170 Å². The van der Waals surface area contributed by atoms with Crippen molar-refractivity contribution in [2.24, 2.45) is 0 Å². The van der Waals surface area contributed by atoms with E-state index in [1.807, 2.05) is 0 Å². The Hall–Kier alpha value is -3.40. The lowest BCUT2D eigenvalue weighted by Gasteiger charge is -2.12. The highest BCUT2D eigenvalue weighted by atomic mass is 35.5. The molecule has 0 aliphatic heterocycles. The van der Waals surface area contributed by atoms with Crippen molar-refractivity contribution in [3.8, 4) is 0 Å². The first-order chi connectivity index (χ1) is 14.1. The lowest BCUT2D eigenvalue weighted by atomic mass is 10.2. The molecule has 0 bridgehead atoms. The number of hydrogen-bond acceptors (Lipinski definition) is 3. The number of aromatic nitrogens is 2. The number of halogens is 5. The van der Waals surface area contributed by atoms with E-state index in [9.17, 15) is 31.9 Å². The molecule has 3 rings (SSSR count). The summed E-state index contributed by atoms with van der Waals surface area (Å²) in [6, 6.07) is 7.72. The summed E-state index contributed by atoms with van der Waals surface area (Å²) >= 11 is 5.83. The van der Waals surface area contributed by atoms with Crippen molar-refractivity contribution in [2.75, 3.05) is 5.32 Å². The summed E-state index contributed by atoms with van der Waals surface area (Å²) in [6.45, 7) is -0.452. The van der Waals surface area contributed by atoms with Gasteiger partial charge in [-0.1, -0.05) is 29.8 Å². The lowest BCUT2D eigenvalue weighted by Crippen LogP contribution is -2.39. The minimum atomic E-state index is -4.67. The van der Waals surface area contributed by atoms with Crippen LogP contribution in [0.2, 0.25) is 5.02 Å². The van der Waals surface area contributed by atoms with Crippen molar-refractivity contribution in [2.45, 2.75) is 12.7 Å². The SMILES string of the molecule is O=C(Nc1cc(C(F)(F)F)ccc1Cl)c1c[nH]c(=O)n(Cc2ccccc2F)c1=O. The third kappa shape index (κ3) is 4.43. The maximum Gasteiger partial charge on any atom is 0.416 e. The number of amides is 1. The maximum atomic E-state index is 13.9. The number of benzene rings is 2. The van der Waals surface area contributed by atoms with Gasteiger partial charge in [0.1, 0.15) is 11.4 Å². The Morgan fingerprint density at radius 3 is 2.50 bits per heavy atom. The molecular formula is C19H12ClF4N3O3. The number of hydrogen-bond donors (Lipinski definition) is 2. The highest BCUT2D eigenvalue weighted by molar-refractivity contribution is 6.34. The molecule has 0 spiro atoms. The fourth-order valence-corrected chi connectivity index (χ4v) is 2.77. The Morgan fingerprint density at radius 2 is 1.83 bits per heavy atom. The average Bonchev–Trinajstić information content (AvgIpc) is 2.67. The van der Waals surface area contributed by atoms with Gasteiger partial charge in [0.15, 0.2) is 0 Å². The third-order valence-electron chi connectivity index (χ3n) is 4.13. The monoisotopic (exact) mass is 441 g/mol.